The number of nitrogens with zero attached hydrogens (tertiary/aromatic N) is 2. The van der Waals surface area contributed by atoms with E-state index in [0.717, 1.165) is 24.0 Å². The fraction of sp³-hybridized carbons (Fsp3) is 0.292. The summed E-state index contributed by atoms with van der Waals surface area (Å²) in [6.45, 7) is 7.56. The van der Waals surface area contributed by atoms with Gasteiger partial charge in [0.25, 0.3) is 5.56 Å². The number of carbonyl (C=O) groups excluding carboxylic acids is 1. The Labute approximate surface area is 176 Å². The average Bonchev–Trinajstić information content (AvgIpc) is 3.13. The SMILES string of the molecule is [CH2]CC/C=C/c1cc2c(=O)n(CC(=O)NC(C)C)c(-c3cccc(OC)c3)cn2c1. The van der Waals surface area contributed by atoms with E-state index in [2.05, 4.69) is 12.2 Å². The number of ether oxygens (including phenoxy) is 1. The molecule has 6 nitrogen and oxygen atoms in total. The highest BCUT2D eigenvalue weighted by Crippen LogP contribution is 2.24. The molecule has 0 fully saturated rings. The normalized spacial score (nSPS) is 11.5. The van der Waals surface area contributed by atoms with Crippen molar-refractivity contribution in [3.8, 4) is 17.0 Å². The van der Waals surface area contributed by atoms with E-state index in [1.807, 2.05) is 73.1 Å². The van der Waals surface area contributed by atoms with Gasteiger partial charge in [-0.15, -0.1) is 0 Å². The number of benzene rings is 1. The zero-order valence-electron chi connectivity index (χ0n) is 17.7. The van der Waals surface area contributed by atoms with Gasteiger partial charge in [-0.3, -0.25) is 14.2 Å². The largest absolute Gasteiger partial charge is 0.497 e. The first-order valence-electron chi connectivity index (χ1n) is 10.1. The van der Waals surface area contributed by atoms with Crippen LogP contribution in [0.5, 0.6) is 5.75 Å². The monoisotopic (exact) mass is 406 g/mol. The molecule has 2 heterocycles. The molecule has 0 bridgehead atoms. The molecule has 1 N–H and O–H groups in total. The first-order chi connectivity index (χ1) is 14.4. The molecule has 1 amide bonds. The van der Waals surface area contributed by atoms with E-state index in [0.29, 0.717) is 17.0 Å². The average molecular weight is 407 g/mol. The Kier molecular flexibility index (Phi) is 6.77. The van der Waals surface area contributed by atoms with Crippen LogP contribution in [0.3, 0.4) is 0 Å². The Bertz CT molecular complexity index is 1120. The summed E-state index contributed by atoms with van der Waals surface area (Å²) in [6, 6.07) is 9.30. The number of allylic oxidation sites excluding steroid dienone is 1. The first kappa shape index (κ1) is 21.4. The van der Waals surface area contributed by atoms with Crippen LogP contribution in [0.4, 0.5) is 0 Å². The molecule has 0 atom stereocenters. The van der Waals surface area contributed by atoms with E-state index in [9.17, 15) is 9.59 Å². The summed E-state index contributed by atoms with van der Waals surface area (Å²) in [6.07, 6.45) is 9.52. The number of amides is 1. The summed E-state index contributed by atoms with van der Waals surface area (Å²) < 4.78 is 8.68. The molecule has 0 unspecified atom stereocenters. The van der Waals surface area contributed by atoms with Gasteiger partial charge in [0.15, 0.2) is 0 Å². The van der Waals surface area contributed by atoms with E-state index in [1.54, 1.807) is 7.11 Å². The summed E-state index contributed by atoms with van der Waals surface area (Å²) in [5.41, 5.74) is 2.68. The third-order valence-electron chi connectivity index (χ3n) is 4.68. The van der Waals surface area contributed by atoms with Crippen LogP contribution in [-0.4, -0.2) is 28.0 Å². The quantitative estimate of drug-likeness (QED) is 0.616. The Morgan fingerprint density at radius 3 is 2.77 bits per heavy atom. The minimum Gasteiger partial charge on any atom is -0.497 e. The van der Waals surface area contributed by atoms with Gasteiger partial charge in [-0.2, -0.15) is 0 Å². The van der Waals surface area contributed by atoms with Gasteiger partial charge in [-0.25, -0.2) is 0 Å². The predicted octanol–water partition coefficient (Wildman–Crippen LogP) is 3.93. The van der Waals surface area contributed by atoms with E-state index in [4.69, 9.17) is 4.74 Å². The molecular formula is C24H28N3O3. The second-order valence-corrected chi connectivity index (χ2v) is 7.47. The number of rotatable bonds is 8. The smallest absolute Gasteiger partial charge is 0.275 e. The Morgan fingerprint density at radius 1 is 1.27 bits per heavy atom. The van der Waals surface area contributed by atoms with Crippen LogP contribution in [0.2, 0.25) is 0 Å². The van der Waals surface area contributed by atoms with Crippen molar-refractivity contribution < 1.29 is 9.53 Å². The number of carbonyl (C=O) groups is 1. The molecule has 30 heavy (non-hydrogen) atoms. The number of aromatic nitrogens is 2. The highest BCUT2D eigenvalue weighted by Gasteiger charge is 2.16. The molecule has 0 aliphatic rings. The maximum atomic E-state index is 13.3. The van der Waals surface area contributed by atoms with Gasteiger partial charge in [0, 0.05) is 24.0 Å². The van der Waals surface area contributed by atoms with Crippen molar-refractivity contribution in [3.05, 3.63) is 71.6 Å². The van der Waals surface area contributed by atoms with Crippen LogP contribution in [0.25, 0.3) is 22.9 Å². The van der Waals surface area contributed by atoms with Crippen molar-refractivity contribution in [1.82, 2.24) is 14.3 Å². The second-order valence-electron chi connectivity index (χ2n) is 7.47. The molecule has 0 aliphatic heterocycles. The fourth-order valence-corrected chi connectivity index (χ4v) is 3.34. The van der Waals surface area contributed by atoms with Crippen LogP contribution in [0, 0.1) is 6.92 Å². The van der Waals surface area contributed by atoms with Crippen molar-refractivity contribution >= 4 is 17.5 Å². The van der Waals surface area contributed by atoms with Crippen LogP contribution in [-0.2, 0) is 11.3 Å². The molecular weight excluding hydrogens is 378 g/mol. The Balaban J connectivity index is 2.16. The van der Waals surface area contributed by atoms with Gasteiger partial charge in [-0.05, 0) is 50.5 Å². The number of methoxy groups -OCH3 is 1. The van der Waals surface area contributed by atoms with Crippen molar-refractivity contribution in [2.24, 2.45) is 0 Å². The van der Waals surface area contributed by atoms with Gasteiger partial charge in [0.1, 0.15) is 17.8 Å². The number of nitrogens with one attached hydrogen (secondary N) is 1. The highest BCUT2D eigenvalue weighted by molar-refractivity contribution is 5.77. The molecule has 1 aromatic carbocycles. The number of unbranched alkanes of at least 4 members (excludes halogenated alkanes) is 1. The van der Waals surface area contributed by atoms with E-state index in [1.165, 1.54) is 4.57 Å². The van der Waals surface area contributed by atoms with Crippen molar-refractivity contribution in [2.75, 3.05) is 7.11 Å². The Morgan fingerprint density at radius 2 is 2.07 bits per heavy atom. The maximum Gasteiger partial charge on any atom is 0.275 e. The fourth-order valence-electron chi connectivity index (χ4n) is 3.34. The molecule has 0 saturated heterocycles. The molecule has 157 valence electrons. The summed E-state index contributed by atoms with van der Waals surface area (Å²) in [4.78, 5) is 25.8. The zero-order chi connectivity index (χ0) is 21.7. The van der Waals surface area contributed by atoms with Gasteiger partial charge in [0.2, 0.25) is 5.91 Å². The van der Waals surface area contributed by atoms with E-state index >= 15 is 0 Å². The first-order valence-corrected chi connectivity index (χ1v) is 10.1. The van der Waals surface area contributed by atoms with E-state index < -0.39 is 0 Å². The molecule has 3 aromatic rings. The standard InChI is InChI=1S/C24H28N3O3/c1-5-6-7-9-18-12-21-24(29)27(16-23(28)25-17(2)3)22(15-26(21)14-18)19-10-8-11-20(13-19)30-4/h7-15,17H,1,5-6,16H2,2-4H3,(H,25,28)/b9-7+. The highest BCUT2D eigenvalue weighted by atomic mass is 16.5. The van der Waals surface area contributed by atoms with Crippen LogP contribution < -0.4 is 15.6 Å². The molecule has 1 radical (unpaired) electrons. The molecule has 3 rings (SSSR count). The second kappa shape index (κ2) is 9.48. The lowest BCUT2D eigenvalue weighted by molar-refractivity contribution is -0.122. The van der Waals surface area contributed by atoms with Gasteiger partial charge < -0.3 is 14.5 Å². The third kappa shape index (κ3) is 4.82. The van der Waals surface area contributed by atoms with Gasteiger partial charge in [0.05, 0.1) is 12.8 Å². The lowest BCUT2D eigenvalue weighted by Gasteiger charge is -2.16. The molecule has 2 aromatic heterocycles. The molecule has 6 heteroatoms. The number of hydrogen-bond donors (Lipinski definition) is 1. The van der Waals surface area contributed by atoms with Gasteiger partial charge in [-0.1, -0.05) is 31.2 Å². The van der Waals surface area contributed by atoms with Crippen LogP contribution in [0.1, 0.15) is 32.3 Å². The molecule has 0 saturated carbocycles. The maximum absolute atomic E-state index is 13.3. The topological polar surface area (TPSA) is 64.7 Å². The molecule has 0 spiro atoms. The van der Waals surface area contributed by atoms with Crippen LogP contribution in [0.15, 0.2) is 53.6 Å². The third-order valence-corrected chi connectivity index (χ3v) is 4.68. The van der Waals surface area contributed by atoms with Crippen molar-refractivity contribution in [1.29, 1.82) is 0 Å². The summed E-state index contributed by atoms with van der Waals surface area (Å²) in [5, 5.41) is 2.86. The Hall–Kier alpha value is -3.28. The zero-order valence-corrected chi connectivity index (χ0v) is 17.7. The van der Waals surface area contributed by atoms with Crippen LogP contribution >= 0.6 is 0 Å². The molecule has 0 aliphatic carbocycles. The summed E-state index contributed by atoms with van der Waals surface area (Å²) in [5.74, 6) is 0.477. The van der Waals surface area contributed by atoms with Gasteiger partial charge >= 0.3 is 0 Å². The predicted molar refractivity (Wildman–Crippen MR) is 121 cm³/mol. The van der Waals surface area contributed by atoms with Crippen molar-refractivity contribution in [3.63, 3.8) is 0 Å². The van der Waals surface area contributed by atoms with Crippen molar-refractivity contribution in [2.45, 2.75) is 39.3 Å². The number of fused-ring (bicyclic) bond motifs is 1. The summed E-state index contributed by atoms with van der Waals surface area (Å²) in [7, 11) is 1.60. The lowest BCUT2D eigenvalue weighted by Crippen LogP contribution is -2.36. The van der Waals surface area contributed by atoms with E-state index in [-0.39, 0.29) is 24.1 Å². The number of hydrogen-bond acceptors (Lipinski definition) is 3. The lowest BCUT2D eigenvalue weighted by atomic mass is 10.1. The summed E-state index contributed by atoms with van der Waals surface area (Å²) >= 11 is 0. The minimum absolute atomic E-state index is 0.00435. The minimum atomic E-state index is -0.217.